The van der Waals surface area contributed by atoms with Crippen LogP contribution in [0.25, 0.3) is 0 Å². The molecule has 0 saturated carbocycles. The standard InChI is InChI=1S/C11H15N3O2/c1-3-8(2)13-10(15)11(16)14-9-6-4-5-7-12-9/h4-8H,3H2,1-2H3,(H,13,15)(H,12,14,16)/t8-/m0/s1. The van der Waals surface area contributed by atoms with Crippen LogP contribution in [0, 0.1) is 0 Å². The van der Waals surface area contributed by atoms with E-state index in [0.717, 1.165) is 6.42 Å². The third kappa shape index (κ3) is 3.68. The van der Waals surface area contributed by atoms with Crippen LogP contribution in [0.5, 0.6) is 0 Å². The average Bonchev–Trinajstić information content (AvgIpc) is 2.30. The van der Waals surface area contributed by atoms with Crippen molar-refractivity contribution < 1.29 is 9.59 Å². The van der Waals surface area contributed by atoms with E-state index >= 15 is 0 Å². The molecule has 16 heavy (non-hydrogen) atoms. The zero-order valence-corrected chi connectivity index (χ0v) is 9.36. The summed E-state index contributed by atoms with van der Waals surface area (Å²) in [6.07, 6.45) is 2.32. The number of carbonyl (C=O) groups is 2. The highest BCUT2D eigenvalue weighted by atomic mass is 16.2. The zero-order chi connectivity index (χ0) is 12.0. The summed E-state index contributed by atoms with van der Waals surface area (Å²) in [5.41, 5.74) is 0. The molecule has 5 nitrogen and oxygen atoms in total. The largest absolute Gasteiger partial charge is 0.345 e. The molecule has 0 aromatic carbocycles. The highest BCUT2D eigenvalue weighted by Crippen LogP contribution is 1.99. The first-order valence-corrected chi connectivity index (χ1v) is 5.16. The van der Waals surface area contributed by atoms with Crippen molar-refractivity contribution in [3.05, 3.63) is 24.4 Å². The normalized spacial score (nSPS) is 11.6. The Labute approximate surface area is 94.3 Å². The number of rotatable bonds is 3. The molecule has 0 radical (unpaired) electrons. The van der Waals surface area contributed by atoms with Crippen LogP contribution < -0.4 is 10.6 Å². The minimum absolute atomic E-state index is 0.0121. The minimum atomic E-state index is -0.695. The van der Waals surface area contributed by atoms with Crippen molar-refractivity contribution in [2.24, 2.45) is 0 Å². The van der Waals surface area contributed by atoms with Gasteiger partial charge in [-0.3, -0.25) is 9.59 Å². The molecule has 5 heteroatoms. The van der Waals surface area contributed by atoms with Crippen LogP contribution in [0.1, 0.15) is 20.3 Å². The van der Waals surface area contributed by atoms with E-state index in [9.17, 15) is 9.59 Å². The summed E-state index contributed by atoms with van der Waals surface area (Å²) in [4.78, 5) is 26.7. The monoisotopic (exact) mass is 221 g/mol. The second-order valence-electron chi connectivity index (χ2n) is 3.45. The van der Waals surface area contributed by atoms with Gasteiger partial charge in [0.05, 0.1) is 0 Å². The number of nitrogens with zero attached hydrogens (tertiary/aromatic N) is 1. The molecule has 0 aliphatic rings. The molecular weight excluding hydrogens is 206 g/mol. The predicted molar refractivity (Wildman–Crippen MR) is 60.8 cm³/mol. The Bertz CT molecular complexity index is 365. The van der Waals surface area contributed by atoms with E-state index in [1.807, 2.05) is 13.8 Å². The Morgan fingerprint density at radius 3 is 2.69 bits per heavy atom. The molecule has 86 valence electrons. The second-order valence-corrected chi connectivity index (χ2v) is 3.45. The lowest BCUT2D eigenvalue weighted by Crippen LogP contribution is -2.40. The SMILES string of the molecule is CC[C@H](C)NC(=O)C(=O)Nc1ccccn1. The van der Waals surface area contributed by atoms with Gasteiger partial charge >= 0.3 is 11.8 Å². The third-order valence-electron chi connectivity index (χ3n) is 2.10. The van der Waals surface area contributed by atoms with Crippen molar-refractivity contribution >= 4 is 17.6 Å². The first-order chi connectivity index (χ1) is 7.63. The molecule has 1 atom stereocenters. The number of aromatic nitrogens is 1. The second kappa shape index (κ2) is 5.85. The van der Waals surface area contributed by atoms with E-state index in [0.29, 0.717) is 5.82 Å². The third-order valence-corrected chi connectivity index (χ3v) is 2.10. The molecule has 1 aromatic rings. The average molecular weight is 221 g/mol. The van der Waals surface area contributed by atoms with Crippen molar-refractivity contribution in [3.63, 3.8) is 0 Å². The van der Waals surface area contributed by atoms with Gasteiger partial charge in [-0.2, -0.15) is 0 Å². The number of pyridine rings is 1. The molecule has 1 aromatic heterocycles. The van der Waals surface area contributed by atoms with Crippen LogP contribution >= 0.6 is 0 Å². The smallest absolute Gasteiger partial charge is 0.314 e. The molecular formula is C11H15N3O2. The molecule has 0 unspecified atom stereocenters. The predicted octanol–water partition coefficient (Wildman–Crippen LogP) is 0.935. The topological polar surface area (TPSA) is 71.1 Å². The number of hydrogen-bond acceptors (Lipinski definition) is 3. The quantitative estimate of drug-likeness (QED) is 0.746. The first-order valence-electron chi connectivity index (χ1n) is 5.16. The van der Waals surface area contributed by atoms with Gasteiger partial charge in [0.15, 0.2) is 0 Å². The van der Waals surface area contributed by atoms with Gasteiger partial charge in [-0.1, -0.05) is 13.0 Å². The van der Waals surface area contributed by atoms with Gasteiger partial charge in [0.25, 0.3) is 0 Å². The molecule has 0 bridgehead atoms. The van der Waals surface area contributed by atoms with E-state index in [1.165, 1.54) is 0 Å². The Morgan fingerprint density at radius 2 is 2.12 bits per heavy atom. The lowest BCUT2D eigenvalue weighted by molar-refractivity contribution is -0.136. The summed E-state index contributed by atoms with van der Waals surface area (Å²) < 4.78 is 0. The van der Waals surface area contributed by atoms with Gasteiger partial charge in [0, 0.05) is 12.2 Å². The fraction of sp³-hybridized carbons (Fsp3) is 0.364. The van der Waals surface area contributed by atoms with Gasteiger partial charge in [-0.25, -0.2) is 4.98 Å². The molecule has 2 amide bonds. The lowest BCUT2D eigenvalue weighted by atomic mass is 10.2. The Hall–Kier alpha value is -1.91. The number of carbonyl (C=O) groups excluding carboxylic acids is 2. The van der Waals surface area contributed by atoms with Crippen molar-refractivity contribution in [1.82, 2.24) is 10.3 Å². The Kier molecular flexibility index (Phi) is 4.44. The highest BCUT2D eigenvalue weighted by molar-refractivity contribution is 6.39. The Balaban J connectivity index is 2.50. The summed E-state index contributed by atoms with van der Waals surface area (Å²) >= 11 is 0. The highest BCUT2D eigenvalue weighted by Gasteiger charge is 2.15. The maximum Gasteiger partial charge on any atom is 0.314 e. The number of amides is 2. The van der Waals surface area contributed by atoms with Crippen LogP contribution in [-0.4, -0.2) is 22.8 Å². The fourth-order valence-electron chi connectivity index (χ4n) is 1.00. The van der Waals surface area contributed by atoms with Gasteiger partial charge < -0.3 is 10.6 Å². The minimum Gasteiger partial charge on any atom is -0.345 e. The lowest BCUT2D eigenvalue weighted by Gasteiger charge is -2.10. The van der Waals surface area contributed by atoms with Crippen molar-refractivity contribution in [3.8, 4) is 0 Å². The number of hydrogen-bond donors (Lipinski definition) is 2. The van der Waals surface area contributed by atoms with E-state index < -0.39 is 11.8 Å². The van der Waals surface area contributed by atoms with Crippen LogP contribution in [-0.2, 0) is 9.59 Å². The molecule has 0 saturated heterocycles. The molecule has 0 aliphatic heterocycles. The molecule has 1 rings (SSSR count). The summed E-state index contributed by atoms with van der Waals surface area (Å²) in [7, 11) is 0. The Morgan fingerprint density at radius 1 is 1.38 bits per heavy atom. The van der Waals surface area contributed by atoms with Gasteiger partial charge in [0.1, 0.15) is 5.82 Å². The summed E-state index contributed by atoms with van der Waals surface area (Å²) in [5, 5.41) is 4.98. The van der Waals surface area contributed by atoms with Gasteiger partial charge in [0.2, 0.25) is 0 Å². The fourth-order valence-corrected chi connectivity index (χ4v) is 1.00. The molecule has 2 N–H and O–H groups in total. The van der Waals surface area contributed by atoms with Crippen molar-refractivity contribution in [2.45, 2.75) is 26.3 Å². The van der Waals surface area contributed by atoms with Crippen molar-refractivity contribution in [1.29, 1.82) is 0 Å². The van der Waals surface area contributed by atoms with Crippen LogP contribution in [0.4, 0.5) is 5.82 Å². The summed E-state index contributed by atoms with van der Waals surface area (Å²) in [6.45, 7) is 3.77. The summed E-state index contributed by atoms with van der Waals surface area (Å²) in [6, 6.07) is 5.07. The number of anilines is 1. The van der Waals surface area contributed by atoms with E-state index in [-0.39, 0.29) is 6.04 Å². The zero-order valence-electron chi connectivity index (χ0n) is 9.36. The summed E-state index contributed by atoms with van der Waals surface area (Å²) in [5.74, 6) is -0.967. The van der Waals surface area contributed by atoms with E-state index in [1.54, 1.807) is 24.4 Å². The van der Waals surface area contributed by atoms with E-state index in [2.05, 4.69) is 15.6 Å². The van der Waals surface area contributed by atoms with E-state index in [4.69, 9.17) is 0 Å². The number of nitrogens with one attached hydrogen (secondary N) is 2. The molecule has 0 fully saturated rings. The maximum atomic E-state index is 11.4. The first kappa shape index (κ1) is 12.2. The van der Waals surface area contributed by atoms with Crippen LogP contribution in [0.3, 0.4) is 0 Å². The van der Waals surface area contributed by atoms with Crippen LogP contribution in [0.15, 0.2) is 24.4 Å². The maximum absolute atomic E-state index is 11.4. The molecule has 1 heterocycles. The van der Waals surface area contributed by atoms with Gasteiger partial charge in [-0.05, 0) is 25.5 Å². The molecule has 0 aliphatic carbocycles. The van der Waals surface area contributed by atoms with Crippen molar-refractivity contribution in [2.75, 3.05) is 5.32 Å². The van der Waals surface area contributed by atoms with Gasteiger partial charge in [-0.15, -0.1) is 0 Å². The molecule has 0 spiro atoms. The van der Waals surface area contributed by atoms with Crippen LogP contribution in [0.2, 0.25) is 0 Å².